The van der Waals surface area contributed by atoms with Gasteiger partial charge in [0.1, 0.15) is 5.75 Å². The molecule has 0 spiro atoms. The lowest BCUT2D eigenvalue weighted by Gasteiger charge is -2.19. The van der Waals surface area contributed by atoms with E-state index in [2.05, 4.69) is 20.7 Å². The first kappa shape index (κ1) is 14.9. The number of hydrogen-bond donors (Lipinski definition) is 0. The van der Waals surface area contributed by atoms with Crippen molar-refractivity contribution in [2.45, 2.75) is 12.1 Å². The number of carbonyl (C=O) groups excluding carboxylic acids is 1. The minimum absolute atomic E-state index is 0.185. The second-order valence-corrected chi connectivity index (χ2v) is 4.16. The van der Waals surface area contributed by atoms with Crippen molar-refractivity contribution >= 4 is 21.7 Å². The molecule has 0 bridgehead atoms. The molecule has 0 aromatic heterocycles. The molecular formula is C10H6BrF5O2. The number of rotatable bonds is 3. The number of carbonyl (C=O) groups is 1. The Balaban J connectivity index is 3.31. The van der Waals surface area contributed by atoms with E-state index in [1.54, 1.807) is 0 Å². The molecule has 1 aromatic rings. The van der Waals surface area contributed by atoms with Crippen LogP contribution in [0.15, 0.2) is 22.7 Å². The number of Topliss-reactive ketones (excluding diaryl/α,β-unsaturated/α-hetero) is 1. The standard InChI is InChI=1S/C10H6BrF5O2/c1-18-7-3-2-5(11)4-6(7)8(17)9(12,13)10(14,15)16/h2-4H,1H3. The zero-order valence-corrected chi connectivity index (χ0v) is 10.4. The van der Waals surface area contributed by atoms with Crippen LogP contribution in [-0.4, -0.2) is 25.0 Å². The normalized spacial score (nSPS) is 12.4. The molecule has 0 aliphatic heterocycles. The summed E-state index contributed by atoms with van der Waals surface area (Å²) in [6.07, 6.45) is -5.95. The van der Waals surface area contributed by atoms with E-state index in [1.165, 1.54) is 6.07 Å². The first-order valence-corrected chi connectivity index (χ1v) is 5.23. The number of alkyl halides is 5. The van der Waals surface area contributed by atoms with Crippen LogP contribution >= 0.6 is 15.9 Å². The van der Waals surface area contributed by atoms with Gasteiger partial charge in [0.2, 0.25) is 5.78 Å². The minimum Gasteiger partial charge on any atom is -0.496 e. The Morgan fingerprint density at radius 1 is 1.22 bits per heavy atom. The Kier molecular flexibility index (Phi) is 3.99. The van der Waals surface area contributed by atoms with Crippen molar-refractivity contribution < 1.29 is 31.5 Å². The third kappa shape index (κ3) is 2.63. The molecule has 2 nitrogen and oxygen atoms in total. The minimum atomic E-state index is -5.95. The highest BCUT2D eigenvalue weighted by Crippen LogP contribution is 2.40. The molecule has 0 heterocycles. The lowest BCUT2D eigenvalue weighted by Crippen LogP contribution is -2.44. The highest BCUT2D eigenvalue weighted by molar-refractivity contribution is 9.10. The lowest BCUT2D eigenvalue weighted by molar-refractivity contribution is -0.255. The van der Waals surface area contributed by atoms with Crippen molar-refractivity contribution in [3.63, 3.8) is 0 Å². The van der Waals surface area contributed by atoms with Gasteiger partial charge in [0, 0.05) is 4.47 Å². The van der Waals surface area contributed by atoms with E-state index in [4.69, 9.17) is 0 Å². The Labute approximate surface area is 107 Å². The van der Waals surface area contributed by atoms with E-state index in [0.717, 1.165) is 19.2 Å². The third-order valence-electron chi connectivity index (χ3n) is 2.05. The molecular weight excluding hydrogens is 327 g/mol. The van der Waals surface area contributed by atoms with E-state index in [1.807, 2.05) is 0 Å². The van der Waals surface area contributed by atoms with Crippen LogP contribution in [0, 0.1) is 0 Å². The molecule has 100 valence electrons. The summed E-state index contributed by atoms with van der Waals surface area (Å²) in [4.78, 5) is 11.3. The van der Waals surface area contributed by atoms with Gasteiger partial charge in [-0.2, -0.15) is 22.0 Å². The molecule has 0 N–H and O–H groups in total. The highest BCUT2D eigenvalue weighted by atomic mass is 79.9. The van der Waals surface area contributed by atoms with Gasteiger partial charge in [-0.1, -0.05) is 15.9 Å². The van der Waals surface area contributed by atoms with Crippen molar-refractivity contribution in [3.05, 3.63) is 28.2 Å². The third-order valence-corrected chi connectivity index (χ3v) is 2.54. The quantitative estimate of drug-likeness (QED) is 0.621. The maximum atomic E-state index is 12.9. The van der Waals surface area contributed by atoms with E-state index in [9.17, 15) is 26.7 Å². The molecule has 0 aliphatic carbocycles. The van der Waals surface area contributed by atoms with Crippen LogP contribution in [0.3, 0.4) is 0 Å². The van der Waals surface area contributed by atoms with E-state index in [-0.39, 0.29) is 10.2 Å². The number of benzene rings is 1. The molecule has 0 saturated carbocycles. The van der Waals surface area contributed by atoms with Crippen LogP contribution in [0.4, 0.5) is 22.0 Å². The van der Waals surface area contributed by atoms with Crippen molar-refractivity contribution in [1.29, 1.82) is 0 Å². The number of halogens is 6. The zero-order chi connectivity index (χ0) is 14.1. The van der Waals surface area contributed by atoms with Gasteiger partial charge >= 0.3 is 12.1 Å². The lowest BCUT2D eigenvalue weighted by atomic mass is 10.0. The van der Waals surface area contributed by atoms with Crippen molar-refractivity contribution in [2.75, 3.05) is 7.11 Å². The summed E-state index contributed by atoms with van der Waals surface area (Å²) in [6, 6.07) is 3.31. The molecule has 0 saturated heterocycles. The Bertz CT molecular complexity index is 470. The van der Waals surface area contributed by atoms with Crippen LogP contribution in [0.2, 0.25) is 0 Å². The Morgan fingerprint density at radius 2 is 1.78 bits per heavy atom. The summed E-state index contributed by atoms with van der Waals surface area (Å²) in [6.45, 7) is 0. The van der Waals surface area contributed by atoms with Gasteiger partial charge in [0.15, 0.2) is 0 Å². The van der Waals surface area contributed by atoms with Gasteiger partial charge in [-0.05, 0) is 18.2 Å². The number of ketones is 1. The molecule has 0 fully saturated rings. The molecule has 1 aromatic carbocycles. The number of ether oxygens (including phenoxy) is 1. The van der Waals surface area contributed by atoms with Crippen molar-refractivity contribution in [3.8, 4) is 5.75 Å². The number of methoxy groups -OCH3 is 1. The summed E-state index contributed by atoms with van der Waals surface area (Å²) in [5.41, 5.74) is -0.839. The molecule has 0 aliphatic rings. The first-order chi connectivity index (χ1) is 8.11. The zero-order valence-electron chi connectivity index (χ0n) is 8.82. The molecule has 8 heteroatoms. The van der Waals surface area contributed by atoms with Crippen LogP contribution in [0.25, 0.3) is 0 Å². The van der Waals surface area contributed by atoms with Gasteiger partial charge in [-0.15, -0.1) is 0 Å². The summed E-state index contributed by atoms with van der Waals surface area (Å²) < 4.78 is 66.8. The van der Waals surface area contributed by atoms with E-state index >= 15 is 0 Å². The molecule has 0 amide bonds. The fourth-order valence-corrected chi connectivity index (χ4v) is 1.52. The van der Waals surface area contributed by atoms with E-state index < -0.39 is 23.4 Å². The fraction of sp³-hybridized carbons (Fsp3) is 0.300. The van der Waals surface area contributed by atoms with E-state index in [0.29, 0.717) is 0 Å². The highest BCUT2D eigenvalue weighted by Gasteiger charge is 2.63. The summed E-state index contributed by atoms with van der Waals surface area (Å²) in [7, 11) is 1.06. The van der Waals surface area contributed by atoms with Crippen LogP contribution in [0.5, 0.6) is 5.75 Å². The topological polar surface area (TPSA) is 26.3 Å². The monoisotopic (exact) mass is 332 g/mol. The fourth-order valence-electron chi connectivity index (χ4n) is 1.16. The van der Waals surface area contributed by atoms with Crippen LogP contribution in [0.1, 0.15) is 10.4 Å². The van der Waals surface area contributed by atoms with Gasteiger partial charge in [-0.3, -0.25) is 4.79 Å². The predicted octanol–water partition coefficient (Wildman–Crippen LogP) is 3.84. The van der Waals surface area contributed by atoms with Gasteiger partial charge < -0.3 is 4.74 Å². The smallest absolute Gasteiger partial charge is 0.461 e. The maximum absolute atomic E-state index is 12.9. The van der Waals surface area contributed by atoms with Crippen LogP contribution < -0.4 is 4.74 Å². The first-order valence-electron chi connectivity index (χ1n) is 4.44. The Hall–Kier alpha value is -1.18. The molecule has 1 rings (SSSR count). The summed E-state index contributed by atoms with van der Waals surface area (Å²) in [5, 5.41) is 0. The van der Waals surface area contributed by atoms with Crippen molar-refractivity contribution in [1.82, 2.24) is 0 Å². The molecule has 0 radical (unpaired) electrons. The average Bonchev–Trinajstić information content (AvgIpc) is 2.26. The van der Waals surface area contributed by atoms with Crippen LogP contribution in [-0.2, 0) is 0 Å². The Morgan fingerprint density at radius 3 is 2.22 bits per heavy atom. The maximum Gasteiger partial charge on any atom is 0.461 e. The second-order valence-electron chi connectivity index (χ2n) is 3.25. The molecule has 0 atom stereocenters. The number of hydrogen-bond acceptors (Lipinski definition) is 2. The summed E-state index contributed by atoms with van der Waals surface area (Å²) in [5.74, 6) is -8.17. The second kappa shape index (κ2) is 4.83. The average molecular weight is 333 g/mol. The molecule has 18 heavy (non-hydrogen) atoms. The van der Waals surface area contributed by atoms with Gasteiger partial charge in [-0.25, -0.2) is 0 Å². The van der Waals surface area contributed by atoms with Gasteiger partial charge in [0.05, 0.1) is 12.7 Å². The predicted molar refractivity (Wildman–Crippen MR) is 56.0 cm³/mol. The van der Waals surface area contributed by atoms with Gasteiger partial charge in [0.25, 0.3) is 0 Å². The molecule has 0 unspecified atom stereocenters. The SMILES string of the molecule is COc1ccc(Br)cc1C(=O)C(F)(F)C(F)(F)F. The largest absolute Gasteiger partial charge is 0.496 e. The summed E-state index contributed by atoms with van der Waals surface area (Å²) >= 11 is 2.88. The van der Waals surface area contributed by atoms with Crippen molar-refractivity contribution in [2.24, 2.45) is 0 Å².